The first kappa shape index (κ1) is 17.1. The second-order valence-electron chi connectivity index (χ2n) is 6.30. The van der Waals surface area contributed by atoms with E-state index >= 15 is 0 Å². The Morgan fingerprint density at radius 1 is 0.920 bits per heavy atom. The number of anilines is 1. The zero-order valence-electron chi connectivity index (χ0n) is 14.6. The Hall–Kier alpha value is -2.76. The summed E-state index contributed by atoms with van der Waals surface area (Å²) in [6, 6.07) is 11.5. The van der Waals surface area contributed by atoms with Crippen molar-refractivity contribution in [1.82, 2.24) is 14.9 Å². The van der Waals surface area contributed by atoms with Crippen LogP contribution in [0.4, 0.5) is 5.95 Å². The highest BCUT2D eigenvalue weighted by Crippen LogP contribution is 2.16. The predicted octanol–water partition coefficient (Wildman–Crippen LogP) is 2.25. The van der Waals surface area contributed by atoms with Crippen LogP contribution in [-0.4, -0.2) is 39.8 Å². The molecule has 0 radical (unpaired) electrons. The minimum atomic E-state index is -0.150. The van der Waals surface area contributed by atoms with Crippen LogP contribution in [-0.2, 0) is 16.1 Å². The minimum Gasteiger partial charge on any atom is -0.340 e. The van der Waals surface area contributed by atoms with Crippen LogP contribution in [0.25, 0.3) is 0 Å². The lowest BCUT2D eigenvalue weighted by molar-refractivity contribution is -0.145. The number of hydrogen-bond donors (Lipinski definition) is 0. The van der Waals surface area contributed by atoms with Crippen LogP contribution < -0.4 is 4.90 Å². The van der Waals surface area contributed by atoms with Crippen molar-refractivity contribution in [2.45, 2.75) is 33.2 Å². The number of carbonyl (C=O) groups is 2. The molecular weight excluding hydrogens is 316 g/mol. The van der Waals surface area contributed by atoms with Gasteiger partial charge in [-0.05, 0) is 25.5 Å². The number of carbonyl (C=O) groups excluding carboxylic acids is 2. The summed E-state index contributed by atoms with van der Waals surface area (Å²) >= 11 is 0. The van der Waals surface area contributed by atoms with E-state index in [9.17, 15) is 9.59 Å². The molecule has 2 heterocycles. The van der Waals surface area contributed by atoms with E-state index < -0.39 is 0 Å². The molecule has 0 atom stereocenters. The molecule has 0 bridgehead atoms. The third-order valence-electron chi connectivity index (χ3n) is 4.23. The van der Waals surface area contributed by atoms with Gasteiger partial charge in [0.1, 0.15) is 0 Å². The van der Waals surface area contributed by atoms with E-state index in [0.717, 1.165) is 17.0 Å². The monoisotopic (exact) mass is 338 g/mol. The van der Waals surface area contributed by atoms with Crippen molar-refractivity contribution in [1.29, 1.82) is 0 Å². The number of imide groups is 1. The number of aryl methyl sites for hydroxylation is 2. The summed E-state index contributed by atoms with van der Waals surface area (Å²) in [7, 11) is 0. The van der Waals surface area contributed by atoms with Gasteiger partial charge in [0.25, 0.3) is 0 Å². The van der Waals surface area contributed by atoms with Gasteiger partial charge < -0.3 is 4.90 Å². The van der Waals surface area contributed by atoms with Gasteiger partial charge in [-0.25, -0.2) is 9.97 Å². The van der Waals surface area contributed by atoms with Gasteiger partial charge >= 0.3 is 0 Å². The largest absolute Gasteiger partial charge is 0.340 e. The van der Waals surface area contributed by atoms with Crippen molar-refractivity contribution in [2.24, 2.45) is 0 Å². The molecule has 2 amide bonds. The van der Waals surface area contributed by atoms with Crippen LogP contribution in [0.2, 0.25) is 0 Å². The molecular formula is C19H22N4O2. The normalized spacial score (nSPS) is 15.9. The number of hydrogen-bond acceptors (Lipinski definition) is 5. The highest BCUT2D eigenvalue weighted by molar-refractivity contribution is 5.96. The number of benzene rings is 1. The van der Waals surface area contributed by atoms with E-state index in [4.69, 9.17) is 0 Å². The SMILES string of the molecule is Cc1cc(C)nc(N2CCC(=O)N(Cc3ccccc3)C(=O)CC2)n1. The molecule has 0 unspecified atom stereocenters. The Bertz CT molecular complexity index is 736. The highest BCUT2D eigenvalue weighted by atomic mass is 16.2. The fourth-order valence-corrected chi connectivity index (χ4v) is 2.97. The summed E-state index contributed by atoms with van der Waals surface area (Å²) in [6.07, 6.45) is 0.545. The molecule has 130 valence electrons. The Morgan fingerprint density at radius 2 is 1.48 bits per heavy atom. The smallest absolute Gasteiger partial charge is 0.231 e. The highest BCUT2D eigenvalue weighted by Gasteiger charge is 2.26. The third-order valence-corrected chi connectivity index (χ3v) is 4.23. The van der Waals surface area contributed by atoms with Crippen molar-refractivity contribution in [3.63, 3.8) is 0 Å². The number of aromatic nitrogens is 2. The van der Waals surface area contributed by atoms with Gasteiger partial charge in [0, 0.05) is 37.3 Å². The molecule has 2 aromatic rings. The molecule has 1 fully saturated rings. The van der Waals surface area contributed by atoms with Gasteiger partial charge in [-0.15, -0.1) is 0 Å². The van der Waals surface area contributed by atoms with E-state index in [1.807, 2.05) is 55.1 Å². The zero-order chi connectivity index (χ0) is 17.8. The van der Waals surface area contributed by atoms with Crippen molar-refractivity contribution in [3.05, 3.63) is 53.3 Å². The van der Waals surface area contributed by atoms with Crippen LogP contribution in [0.15, 0.2) is 36.4 Å². The van der Waals surface area contributed by atoms with Crippen LogP contribution >= 0.6 is 0 Å². The maximum absolute atomic E-state index is 12.5. The maximum Gasteiger partial charge on any atom is 0.231 e. The predicted molar refractivity (Wildman–Crippen MR) is 95.0 cm³/mol. The molecule has 25 heavy (non-hydrogen) atoms. The summed E-state index contributed by atoms with van der Waals surface area (Å²) in [6.45, 7) is 5.19. The summed E-state index contributed by atoms with van der Waals surface area (Å²) < 4.78 is 0. The molecule has 1 aliphatic heterocycles. The van der Waals surface area contributed by atoms with Crippen molar-refractivity contribution < 1.29 is 9.59 Å². The summed E-state index contributed by atoms with van der Waals surface area (Å²) in [5.74, 6) is 0.292. The standard InChI is InChI=1S/C19H22N4O2/c1-14-12-15(2)21-19(20-14)22-10-8-17(24)23(18(25)9-11-22)13-16-6-4-3-5-7-16/h3-7,12H,8-11,13H2,1-2H3. The van der Waals surface area contributed by atoms with Gasteiger partial charge in [0.15, 0.2) is 0 Å². The molecule has 1 aliphatic rings. The van der Waals surface area contributed by atoms with E-state index in [-0.39, 0.29) is 24.7 Å². The number of amides is 2. The molecule has 1 aromatic carbocycles. The lowest BCUT2D eigenvalue weighted by Gasteiger charge is -2.29. The summed E-state index contributed by atoms with van der Waals surface area (Å²) in [4.78, 5) is 37.2. The fraction of sp³-hybridized carbons (Fsp3) is 0.368. The molecule has 6 nitrogen and oxygen atoms in total. The molecule has 0 aliphatic carbocycles. The van der Waals surface area contributed by atoms with Crippen LogP contribution in [0.5, 0.6) is 0 Å². The first-order valence-corrected chi connectivity index (χ1v) is 8.47. The van der Waals surface area contributed by atoms with Gasteiger partial charge in [-0.3, -0.25) is 14.5 Å². The van der Waals surface area contributed by atoms with Crippen LogP contribution in [0, 0.1) is 13.8 Å². The first-order chi connectivity index (χ1) is 12.0. The van der Waals surface area contributed by atoms with Gasteiger partial charge in [0.05, 0.1) is 6.54 Å². The molecule has 3 rings (SSSR count). The molecule has 1 saturated heterocycles. The molecule has 1 aromatic heterocycles. The Balaban J connectivity index is 1.73. The van der Waals surface area contributed by atoms with Crippen molar-refractivity contribution >= 4 is 17.8 Å². The van der Waals surface area contributed by atoms with Crippen LogP contribution in [0.1, 0.15) is 29.8 Å². The van der Waals surface area contributed by atoms with E-state index in [1.165, 1.54) is 4.90 Å². The van der Waals surface area contributed by atoms with Gasteiger partial charge in [-0.2, -0.15) is 0 Å². The van der Waals surface area contributed by atoms with Gasteiger partial charge in [-0.1, -0.05) is 30.3 Å². The Kier molecular flexibility index (Phi) is 5.07. The maximum atomic E-state index is 12.5. The lowest BCUT2D eigenvalue weighted by atomic mass is 10.1. The van der Waals surface area contributed by atoms with Crippen molar-refractivity contribution in [2.75, 3.05) is 18.0 Å². The summed E-state index contributed by atoms with van der Waals surface area (Å²) in [5, 5.41) is 0. The molecule has 0 N–H and O–H groups in total. The Labute approximate surface area is 147 Å². The first-order valence-electron chi connectivity index (χ1n) is 8.47. The van der Waals surface area contributed by atoms with Crippen molar-refractivity contribution in [3.8, 4) is 0 Å². The molecule has 0 spiro atoms. The summed E-state index contributed by atoms with van der Waals surface area (Å²) in [5.41, 5.74) is 2.72. The quantitative estimate of drug-likeness (QED) is 0.803. The molecule has 0 saturated carbocycles. The zero-order valence-corrected chi connectivity index (χ0v) is 14.6. The molecule has 6 heteroatoms. The minimum absolute atomic E-state index is 0.150. The van der Waals surface area contributed by atoms with Gasteiger partial charge in [0.2, 0.25) is 17.8 Å². The fourth-order valence-electron chi connectivity index (χ4n) is 2.97. The van der Waals surface area contributed by atoms with Crippen LogP contribution in [0.3, 0.4) is 0 Å². The van der Waals surface area contributed by atoms with E-state index in [1.54, 1.807) is 0 Å². The third kappa shape index (κ3) is 4.21. The van der Waals surface area contributed by atoms with E-state index in [2.05, 4.69) is 9.97 Å². The average molecular weight is 338 g/mol. The second kappa shape index (κ2) is 7.42. The topological polar surface area (TPSA) is 66.4 Å². The Morgan fingerprint density at radius 3 is 2.04 bits per heavy atom. The second-order valence-corrected chi connectivity index (χ2v) is 6.30. The average Bonchev–Trinajstić information content (AvgIpc) is 2.58. The lowest BCUT2D eigenvalue weighted by Crippen LogP contribution is -2.43. The van der Waals surface area contributed by atoms with E-state index in [0.29, 0.717) is 25.6 Å². The number of rotatable bonds is 3. The number of nitrogens with zero attached hydrogens (tertiary/aromatic N) is 4.